The largest absolute Gasteiger partial charge is 0.347 e. The lowest BCUT2D eigenvalue weighted by atomic mass is 10.0. The zero-order valence-corrected chi connectivity index (χ0v) is 13.1. The van der Waals surface area contributed by atoms with Crippen molar-refractivity contribution >= 4 is 27.7 Å². The molecule has 0 aliphatic carbocycles. The summed E-state index contributed by atoms with van der Waals surface area (Å²) in [5.74, 6) is 0.116. The summed E-state index contributed by atoms with van der Waals surface area (Å²) >= 11 is 3.29. The molecule has 0 saturated carbocycles. The van der Waals surface area contributed by atoms with Gasteiger partial charge >= 0.3 is 0 Å². The van der Waals surface area contributed by atoms with Crippen LogP contribution < -0.4 is 5.32 Å². The summed E-state index contributed by atoms with van der Waals surface area (Å²) in [5, 5.41) is 2.79. The number of halogens is 1. The third-order valence-electron chi connectivity index (χ3n) is 2.29. The minimum absolute atomic E-state index is 0.0659. The summed E-state index contributed by atoms with van der Waals surface area (Å²) in [6, 6.07) is -0.450. The minimum Gasteiger partial charge on any atom is -0.347 e. The lowest BCUT2D eigenvalue weighted by Gasteiger charge is -2.26. The van der Waals surface area contributed by atoms with E-state index < -0.39 is 10.4 Å². The van der Waals surface area contributed by atoms with Crippen LogP contribution in [0.3, 0.4) is 0 Å². The average molecular weight is 307 g/mol. The number of hydrogen-bond donors (Lipinski definition) is 1. The number of likely N-dealkylation sites (N-methyl/N-ethyl adjacent to an activating group) is 1. The molecule has 2 amide bonds. The predicted molar refractivity (Wildman–Crippen MR) is 73.1 cm³/mol. The van der Waals surface area contributed by atoms with E-state index in [0.717, 1.165) is 0 Å². The molecule has 0 fully saturated rings. The number of nitrogens with one attached hydrogen (secondary N) is 1. The molecule has 5 heteroatoms. The number of carbonyl (C=O) groups is 2. The quantitative estimate of drug-likeness (QED) is 0.787. The molecule has 0 bridgehead atoms. The normalized spacial score (nSPS) is 13.4. The van der Waals surface area contributed by atoms with Crippen molar-refractivity contribution in [2.45, 2.75) is 44.5 Å². The van der Waals surface area contributed by atoms with Gasteiger partial charge in [-0.05, 0) is 26.2 Å². The van der Waals surface area contributed by atoms with E-state index in [1.54, 1.807) is 27.9 Å². The zero-order chi connectivity index (χ0) is 13.8. The monoisotopic (exact) mass is 306 g/mol. The standard InChI is InChI=1S/C12H23BrN2O2/c1-8(2)7-9(10(16)15(5)6)14-11(17)12(3,4)13/h8-9H,7H2,1-6H3,(H,14,17). The first-order valence-corrected chi connectivity index (χ1v) is 6.56. The Kier molecular flexibility index (Phi) is 6.16. The van der Waals surface area contributed by atoms with Crippen molar-refractivity contribution in [2.75, 3.05) is 14.1 Å². The molecule has 1 N–H and O–H groups in total. The Balaban J connectivity index is 4.72. The molecule has 0 aliphatic heterocycles. The molecular formula is C12H23BrN2O2. The second-order valence-electron chi connectivity index (χ2n) is 5.36. The van der Waals surface area contributed by atoms with Crippen LogP contribution in [0.25, 0.3) is 0 Å². The first-order chi connectivity index (χ1) is 7.55. The molecule has 0 aromatic rings. The Morgan fingerprint density at radius 2 is 1.76 bits per heavy atom. The molecule has 0 aliphatic rings. The Labute approximate surface area is 112 Å². The lowest BCUT2D eigenvalue weighted by Crippen LogP contribution is -2.51. The van der Waals surface area contributed by atoms with E-state index in [1.165, 1.54) is 4.90 Å². The maximum Gasteiger partial charge on any atom is 0.244 e. The van der Waals surface area contributed by atoms with Crippen LogP contribution in [-0.4, -0.2) is 41.2 Å². The molecule has 0 spiro atoms. The fourth-order valence-corrected chi connectivity index (χ4v) is 1.45. The smallest absolute Gasteiger partial charge is 0.244 e. The van der Waals surface area contributed by atoms with Crippen molar-refractivity contribution in [1.82, 2.24) is 10.2 Å². The van der Waals surface area contributed by atoms with Gasteiger partial charge in [0.25, 0.3) is 0 Å². The minimum atomic E-state index is -0.658. The molecular weight excluding hydrogens is 284 g/mol. The average Bonchev–Trinajstić information content (AvgIpc) is 2.12. The first-order valence-electron chi connectivity index (χ1n) is 5.76. The summed E-state index contributed by atoms with van der Waals surface area (Å²) in [6.07, 6.45) is 0.645. The highest BCUT2D eigenvalue weighted by Gasteiger charge is 2.29. The summed E-state index contributed by atoms with van der Waals surface area (Å²) in [6.45, 7) is 7.58. The summed E-state index contributed by atoms with van der Waals surface area (Å²) < 4.78 is -0.658. The van der Waals surface area contributed by atoms with Crippen LogP contribution in [0.4, 0.5) is 0 Å². The molecule has 1 unspecified atom stereocenters. The topological polar surface area (TPSA) is 49.4 Å². The second kappa shape index (κ2) is 6.38. The lowest BCUT2D eigenvalue weighted by molar-refractivity contribution is -0.135. The van der Waals surface area contributed by atoms with Gasteiger partial charge in [-0.1, -0.05) is 29.8 Å². The van der Waals surface area contributed by atoms with Gasteiger partial charge in [0.2, 0.25) is 11.8 Å². The number of nitrogens with zero attached hydrogens (tertiary/aromatic N) is 1. The maximum atomic E-state index is 11.9. The molecule has 0 aromatic heterocycles. The highest BCUT2D eigenvalue weighted by molar-refractivity contribution is 9.10. The third-order valence-corrected chi connectivity index (χ3v) is 2.65. The molecule has 0 radical (unpaired) electrons. The molecule has 0 aromatic carbocycles. The van der Waals surface area contributed by atoms with E-state index in [2.05, 4.69) is 21.2 Å². The molecule has 4 nitrogen and oxygen atoms in total. The van der Waals surface area contributed by atoms with Gasteiger partial charge in [0.05, 0.1) is 4.32 Å². The highest BCUT2D eigenvalue weighted by Crippen LogP contribution is 2.17. The Hall–Kier alpha value is -0.580. The molecule has 1 atom stereocenters. The number of rotatable bonds is 5. The fraction of sp³-hybridized carbons (Fsp3) is 0.833. The van der Waals surface area contributed by atoms with E-state index in [0.29, 0.717) is 12.3 Å². The van der Waals surface area contributed by atoms with Gasteiger partial charge < -0.3 is 10.2 Å². The van der Waals surface area contributed by atoms with Gasteiger partial charge in [-0.3, -0.25) is 9.59 Å². The van der Waals surface area contributed by atoms with E-state index in [9.17, 15) is 9.59 Å². The van der Waals surface area contributed by atoms with Gasteiger partial charge in [0.1, 0.15) is 6.04 Å². The van der Waals surface area contributed by atoms with Gasteiger partial charge in [-0.2, -0.15) is 0 Å². The zero-order valence-electron chi connectivity index (χ0n) is 11.5. The molecule has 0 rings (SSSR count). The Morgan fingerprint density at radius 3 is 2.06 bits per heavy atom. The SMILES string of the molecule is CC(C)CC(NC(=O)C(C)(C)Br)C(=O)N(C)C. The van der Waals surface area contributed by atoms with Gasteiger partial charge in [-0.25, -0.2) is 0 Å². The van der Waals surface area contributed by atoms with Crippen molar-refractivity contribution < 1.29 is 9.59 Å². The van der Waals surface area contributed by atoms with Crippen molar-refractivity contribution in [3.8, 4) is 0 Å². The van der Waals surface area contributed by atoms with E-state index in [-0.39, 0.29) is 11.8 Å². The van der Waals surface area contributed by atoms with Crippen LogP contribution in [0, 0.1) is 5.92 Å². The number of amides is 2. The molecule has 100 valence electrons. The molecule has 0 saturated heterocycles. The van der Waals surface area contributed by atoms with Crippen molar-refractivity contribution in [1.29, 1.82) is 0 Å². The molecule has 17 heavy (non-hydrogen) atoms. The fourth-order valence-electron chi connectivity index (χ4n) is 1.33. The summed E-state index contributed by atoms with van der Waals surface area (Å²) in [7, 11) is 3.39. The van der Waals surface area contributed by atoms with Gasteiger partial charge in [-0.15, -0.1) is 0 Å². The van der Waals surface area contributed by atoms with Gasteiger partial charge in [0.15, 0.2) is 0 Å². The third kappa shape index (κ3) is 6.05. The van der Waals surface area contributed by atoms with Crippen LogP contribution in [0.1, 0.15) is 34.1 Å². The maximum absolute atomic E-state index is 11.9. The van der Waals surface area contributed by atoms with Gasteiger partial charge in [0, 0.05) is 14.1 Å². The highest BCUT2D eigenvalue weighted by atomic mass is 79.9. The van der Waals surface area contributed by atoms with E-state index in [1.807, 2.05) is 13.8 Å². The Morgan fingerprint density at radius 1 is 1.29 bits per heavy atom. The number of hydrogen-bond acceptors (Lipinski definition) is 2. The van der Waals surface area contributed by atoms with Crippen molar-refractivity contribution in [3.63, 3.8) is 0 Å². The van der Waals surface area contributed by atoms with Crippen LogP contribution in [-0.2, 0) is 9.59 Å². The van der Waals surface area contributed by atoms with E-state index in [4.69, 9.17) is 0 Å². The summed E-state index contributed by atoms with van der Waals surface area (Å²) in [5.41, 5.74) is 0. The molecule has 0 heterocycles. The second-order valence-corrected chi connectivity index (χ2v) is 7.34. The predicted octanol–water partition coefficient (Wildman–Crippen LogP) is 1.78. The summed E-state index contributed by atoms with van der Waals surface area (Å²) in [4.78, 5) is 25.3. The number of carbonyl (C=O) groups excluding carboxylic acids is 2. The van der Waals surface area contributed by atoms with E-state index >= 15 is 0 Å². The Bertz CT molecular complexity index is 283. The van der Waals surface area contributed by atoms with Crippen LogP contribution in [0.5, 0.6) is 0 Å². The van der Waals surface area contributed by atoms with Crippen LogP contribution in [0.2, 0.25) is 0 Å². The van der Waals surface area contributed by atoms with Crippen molar-refractivity contribution in [2.24, 2.45) is 5.92 Å². The van der Waals surface area contributed by atoms with Crippen molar-refractivity contribution in [3.05, 3.63) is 0 Å². The number of alkyl halides is 1. The first kappa shape index (κ1) is 16.4. The van der Waals surface area contributed by atoms with Crippen LogP contribution in [0.15, 0.2) is 0 Å². The van der Waals surface area contributed by atoms with Crippen LogP contribution >= 0.6 is 15.9 Å².